The Morgan fingerprint density at radius 3 is 2.03 bits per heavy atom. The fourth-order valence-electron chi connectivity index (χ4n) is 6.68. The highest BCUT2D eigenvalue weighted by Crippen LogP contribution is 2.56. The average molecular weight is 905 g/mol. The number of nitrogen functional groups attached to an aromatic ring is 1. The summed E-state index contributed by atoms with van der Waals surface area (Å²) in [6.45, 7) is 18.2. The van der Waals surface area contributed by atoms with Crippen LogP contribution in [-0.4, -0.2) is 110 Å². The minimum absolute atomic E-state index is 0.0894. The summed E-state index contributed by atoms with van der Waals surface area (Å²) < 4.78 is 96.0. The molecule has 3 saturated heterocycles. The number of rotatable bonds is 6. The third-order valence-electron chi connectivity index (χ3n) is 11.9. The van der Waals surface area contributed by atoms with E-state index in [0.29, 0.717) is 0 Å². The van der Waals surface area contributed by atoms with E-state index < -0.39 is 116 Å². The van der Waals surface area contributed by atoms with Crippen molar-refractivity contribution in [2.24, 2.45) is 0 Å². The number of hydrogen-bond donors (Lipinski definition) is 4. The maximum atomic E-state index is 15.4. The van der Waals surface area contributed by atoms with Crippen LogP contribution in [0, 0.1) is 5.82 Å². The number of ether oxygens (including phenoxy) is 2. The van der Waals surface area contributed by atoms with Gasteiger partial charge in [-0.1, -0.05) is 41.5 Å². The highest BCUT2D eigenvalue weighted by molar-refractivity contribution is 7.47. The second-order valence-electron chi connectivity index (χ2n) is 17.9. The van der Waals surface area contributed by atoms with E-state index in [1.807, 2.05) is 67.7 Å². The van der Waals surface area contributed by atoms with Crippen LogP contribution in [-0.2, 0) is 45.6 Å². The molecule has 326 valence electrons. The predicted octanol–water partition coefficient (Wildman–Crippen LogP) is 4.88. The number of anilines is 1. The van der Waals surface area contributed by atoms with E-state index in [9.17, 15) is 23.7 Å². The molecule has 26 heteroatoms. The topological polar surface area (TPSA) is 269 Å². The predicted molar refractivity (Wildman–Crippen MR) is 213 cm³/mol. The second kappa shape index (κ2) is 15.2. The van der Waals surface area contributed by atoms with Gasteiger partial charge in [-0.25, -0.2) is 33.5 Å². The zero-order valence-electron chi connectivity index (χ0n) is 34.3. The van der Waals surface area contributed by atoms with Crippen LogP contribution in [0.1, 0.15) is 54.0 Å². The van der Waals surface area contributed by atoms with Crippen LogP contribution in [0.25, 0.3) is 22.2 Å². The normalized spacial score (nSPS) is 32.8. The molecule has 3 aliphatic rings. The Bertz CT molecular complexity index is 2390. The van der Waals surface area contributed by atoms with Gasteiger partial charge >= 0.3 is 15.6 Å². The molecule has 5 N–H and O–H groups in total. The van der Waals surface area contributed by atoms with Crippen molar-refractivity contribution in [3.05, 3.63) is 41.3 Å². The highest BCUT2D eigenvalue weighted by atomic mass is 31.2. The maximum absolute atomic E-state index is 15.4. The van der Waals surface area contributed by atoms with E-state index in [1.165, 1.54) is 17.2 Å². The van der Waals surface area contributed by atoms with Gasteiger partial charge in [-0.3, -0.25) is 27.5 Å². The molecule has 0 aliphatic carbocycles. The quantitative estimate of drug-likeness (QED) is 0.148. The lowest BCUT2D eigenvalue weighted by Crippen LogP contribution is -2.50. The van der Waals surface area contributed by atoms with Crippen molar-refractivity contribution in [3.63, 3.8) is 0 Å². The fraction of sp³-hybridized carbons (Fsp3) is 0.667. The zero-order valence-corrected chi connectivity index (χ0v) is 38.0. The van der Waals surface area contributed by atoms with Gasteiger partial charge < -0.3 is 43.4 Å². The number of imidazole rings is 1. The van der Waals surface area contributed by atoms with E-state index >= 15 is 4.39 Å². The standard InChI is InChI=1S/C33H51FN8O13P2Si2/c1-32(2,3)58(7,8)54-23-19-13-49-56(44,45)52-22-18(12-48-57(46,47)53-24(23)30(51-19)41-11-17(34)20-27(41)37-15-39-29(20)43)50-31(25(22)55-59(9,10)33(4,5)6)42-16-40-21-26(35)36-14-38-28(21)42/h11,14-16,18-19,22-25,30-31H,12-13H2,1-10H3,(H,44,45)(H,46,47)(H2,35,36,38)(H,37,39,43)/t18-,19-,22-,23-,24-,25-,30-,31-/m1/s1. The molecule has 4 aromatic heterocycles. The number of aromatic nitrogens is 7. The molecular weight excluding hydrogens is 854 g/mol. The van der Waals surface area contributed by atoms with Gasteiger partial charge in [-0.05, 0) is 36.3 Å². The molecule has 0 saturated carbocycles. The number of aromatic amines is 1. The molecule has 7 heterocycles. The first kappa shape index (κ1) is 44.3. The summed E-state index contributed by atoms with van der Waals surface area (Å²) in [7, 11) is -15.9. The van der Waals surface area contributed by atoms with Crippen LogP contribution in [0.5, 0.6) is 0 Å². The molecule has 0 amide bonds. The van der Waals surface area contributed by atoms with Gasteiger partial charge in [0.15, 0.2) is 52.0 Å². The third-order valence-corrected chi connectivity index (χ3v) is 22.8. The molecule has 0 spiro atoms. The number of nitrogens with two attached hydrogens (primary N) is 1. The molecule has 10 atom stereocenters. The highest BCUT2D eigenvalue weighted by Gasteiger charge is 2.58. The molecule has 2 unspecified atom stereocenters. The second-order valence-corrected chi connectivity index (χ2v) is 30.2. The number of fused-ring (bicyclic) bond motifs is 5. The van der Waals surface area contributed by atoms with E-state index in [-0.39, 0.29) is 27.7 Å². The smallest absolute Gasteiger partial charge is 0.408 e. The van der Waals surface area contributed by atoms with Gasteiger partial charge in [0, 0.05) is 6.20 Å². The van der Waals surface area contributed by atoms with Crippen LogP contribution in [0.3, 0.4) is 0 Å². The molecule has 0 aromatic carbocycles. The first-order valence-electron chi connectivity index (χ1n) is 18.8. The van der Waals surface area contributed by atoms with Crippen LogP contribution in [0.4, 0.5) is 10.2 Å². The maximum Gasteiger partial charge on any atom is 0.472 e. The van der Waals surface area contributed by atoms with Crippen molar-refractivity contribution in [3.8, 4) is 0 Å². The number of hydrogen-bond acceptors (Lipinski definition) is 16. The van der Waals surface area contributed by atoms with Crippen LogP contribution >= 0.6 is 15.6 Å². The van der Waals surface area contributed by atoms with Crippen LogP contribution in [0.2, 0.25) is 36.3 Å². The number of phosphoric ester groups is 2. The van der Waals surface area contributed by atoms with Crippen molar-refractivity contribution in [1.29, 1.82) is 0 Å². The van der Waals surface area contributed by atoms with Gasteiger partial charge in [0.1, 0.15) is 53.9 Å². The van der Waals surface area contributed by atoms with E-state index in [1.54, 1.807) is 0 Å². The molecule has 21 nitrogen and oxygen atoms in total. The molecule has 7 rings (SSSR count). The van der Waals surface area contributed by atoms with Gasteiger partial charge in [-0.15, -0.1) is 0 Å². The van der Waals surface area contributed by atoms with Crippen molar-refractivity contribution >= 4 is 60.3 Å². The first-order chi connectivity index (χ1) is 27.2. The number of nitrogens with zero attached hydrogens (tertiary/aromatic N) is 6. The lowest BCUT2D eigenvalue weighted by Gasteiger charge is -2.40. The van der Waals surface area contributed by atoms with Crippen molar-refractivity contribution in [1.82, 2.24) is 34.1 Å². The van der Waals surface area contributed by atoms with E-state index in [4.69, 9.17) is 42.2 Å². The number of halogens is 1. The Balaban J connectivity index is 1.31. The first-order valence-corrected chi connectivity index (χ1v) is 27.7. The Labute approximate surface area is 340 Å². The summed E-state index contributed by atoms with van der Waals surface area (Å²) in [5, 5.41) is -1.21. The minimum Gasteiger partial charge on any atom is -0.408 e. The number of phosphoric acid groups is 2. The summed E-state index contributed by atoms with van der Waals surface area (Å²) in [6.07, 6.45) is -6.22. The Kier molecular flexibility index (Phi) is 11.4. The monoisotopic (exact) mass is 904 g/mol. The summed E-state index contributed by atoms with van der Waals surface area (Å²) in [6, 6.07) is 0. The van der Waals surface area contributed by atoms with Gasteiger partial charge in [0.05, 0.1) is 25.9 Å². The van der Waals surface area contributed by atoms with E-state index in [2.05, 4.69) is 24.9 Å². The van der Waals surface area contributed by atoms with Gasteiger partial charge in [0.2, 0.25) is 0 Å². The Morgan fingerprint density at radius 2 is 1.41 bits per heavy atom. The summed E-state index contributed by atoms with van der Waals surface area (Å²) in [5.74, 6) is -0.871. The largest absolute Gasteiger partial charge is 0.472 e. The molecule has 4 aromatic rings. The van der Waals surface area contributed by atoms with Crippen molar-refractivity contribution in [2.45, 2.75) is 127 Å². The summed E-state index contributed by atoms with van der Waals surface area (Å²) >= 11 is 0. The van der Waals surface area contributed by atoms with Gasteiger partial charge in [0.25, 0.3) is 5.56 Å². The lowest BCUT2D eigenvalue weighted by molar-refractivity contribution is -0.0671. The Morgan fingerprint density at radius 1 is 0.831 bits per heavy atom. The van der Waals surface area contributed by atoms with Gasteiger partial charge in [-0.2, -0.15) is 0 Å². The number of H-pyrrole nitrogens is 1. The molecular formula is C33H51FN8O13P2Si2. The third kappa shape index (κ3) is 8.42. The van der Waals surface area contributed by atoms with Crippen LogP contribution in [0.15, 0.2) is 30.0 Å². The molecule has 59 heavy (non-hydrogen) atoms. The summed E-state index contributed by atoms with van der Waals surface area (Å²) in [4.78, 5) is 54.8. The fourth-order valence-corrected chi connectivity index (χ4v) is 11.2. The van der Waals surface area contributed by atoms with E-state index in [0.717, 1.165) is 17.1 Å². The lowest BCUT2D eigenvalue weighted by atomic mass is 10.1. The van der Waals surface area contributed by atoms with Crippen molar-refractivity contribution < 1.29 is 59.7 Å². The molecule has 3 fully saturated rings. The zero-order chi connectivity index (χ0) is 43.2. The average Bonchev–Trinajstić information content (AvgIpc) is 3.85. The summed E-state index contributed by atoms with van der Waals surface area (Å²) in [5.41, 5.74) is 5.62. The number of nitrogens with one attached hydrogen (secondary N) is 1. The Hall–Kier alpha value is -2.81. The molecule has 2 bridgehead atoms. The minimum atomic E-state index is -5.19. The SMILES string of the molecule is CC(C)(C)[Si](C)(C)O[C@@H]1[C@@H]2OP(=O)(O)OC[C@H]3O[C@@H](n4cc(F)c5c(=O)[nH]cnc54)[C@H](OP(=O)(O)OC[C@H]2O[C@H]1n1cnc2c(N)ncnc21)[C@@H]3O[Si](C)(C)C(C)(C)C. The molecule has 3 aliphatic heterocycles. The van der Waals surface area contributed by atoms with Crippen molar-refractivity contribution in [2.75, 3.05) is 18.9 Å². The molecule has 0 radical (unpaired) electrons. The van der Waals surface area contributed by atoms with Crippen LogP contribution < -0.4 is 11.3 Å².